The molecule has 3 amide bonds. The zero-order chi connectivity index (χ0) is 23.2. The van der Waals surface area contributed by atoms with Crippen molar-refractivity contribution >= 4 is 29.3 Å². The van der Waals surface area contributed by atoms with Crippen LogP contribution in [0.4, 0.5) is 16.2 Å². The fourth-order valence-electron chi connectivity index (χ4n) is 2.63. The molecule has 0 aliphatic heterocycles. The maximum Gasteiger partial charge on any atom is 0.408 e. The van der Waals surface area contributed by atoms with Crippen LogP contribution >= 0.6 is 0 Å². The van der Waals surface area contributed by atoms with Crippen molar-refractivity contribution in [1.29, 1.82) is 0 Å². The highest BCUT2D eigenvalue weighted by Gasteiger charge is 2.17. The molecule has 0 saturated heterocycles. The van der Waals surface area contributed by atoms with E-state index in [0.29, 0.717) is 16.9 Å². The summed E-state index contributed by atoms with van der Waals surface area (Å²) in [5.41, 5.74) is 2.27. The summed E-state index contributed by atoms with van der Waals surface area (Å²) in [5, 5.41) is 7.90. The Morgan fingerprint density at radius 2 is 1.29 bits per heavy atom. The van der Waals surface area contributed by atoms with Crippen LogP contribution in [-0.4, -0.2) is 30.1 Å². The van der Waals surface area contributed by atoms with Gasteiger partial charge in [-0.2, -0.15) is 0 Å². The van der Waals surface area contributed by atoms with Crippen molar-refractivity contribution < 1.29 is 19.1 Å². The number of benzene rings is 2. The maximum absolute atomic E-state index is 12.5. The van der Waals surface area contributed by atoms with E-state index in [1.54, 1.807) is 45.0 Å². The van der Waals surface area contributed by atoms with Gasteiger partial charge >= 0.3 is 6.09 Å². The number of nitrogens with one attached hydrogen (secondary N) is 3. The minimum atomic E-state index is -0.656. The first-order valence-corrected chi connectivity index (χ1v) is 10.1. The Hall–Kier alpha value is -3.35. The highest BCUT2D eigenvalue weighted by Crippen LogP contribution is 2.22. The molecule has 31 heavy (non-hydrogen) atoms. The van der Waals surface area contributed by atoms with Crippen LogP contribution in [-0.2, 0) is 14.9 Å². The summed E-state index contributed by atoms with van der Waals surface area (Å²) in [7, 11) is 0. The van der Waals surface area contributed by atoms with Crippen LogP contribution in [0.1, 0.15) is 57.5 Å². The number of alkyl carbamates (subject to hydrolysis) is 1. The number of amides is 3. The minimum absolute atomic E-state index is 0.0255. The second-order valence-corrected chi connectivity index (χ2v) is 9.26. The van der Waals surface area contributed by atoms with Crippen molar-refractivity contribution in [2.24, 2.45) is 0 Å². The molecule has 0 unspecified atom stereocenters. The van der Waals surface area contributed by atoms with Gasteiger partial charge in [0.05, 0.1) is 0 Å². The predicted molar refractivity (Wildman–Crippen MR) is 122 cm³/mol. The molecule has 7 heteroatoms. The largest absolute Gasteiger partial charge is 0.444 e. The van der Waals surface area contributed by atoms with Crippen molar-refractivity contribution in [3.8, 4) is 0 Å². The first kappa shape index (κ1) is 23.9. The van der Waals surface area contributed by atoms with Crippen molar-refractivity contribution in [2.45, 2.75) is 52.6 Å². The van der Waals surface area contributed by atoms with Gasteiger partial charge in [-0.25, -0.2) is 4.79 Å². The number of hydrogen-bond donors (Lipinski definition) is 3. The monoisotopic (exact) mass is 425 g/mol. The Morgan fingerprint density at radius 3 is 1.77 bits per heavy atom. The average molecular weight is 426 g/mol. The zero-order valence-corrected chi connectivity index (χ0v) is 19.0. The molecule has 0 saturated carbocycles. The quantitative estimate of drug-likeness (QED) is 0.647. The average Bonchev–Trinajstić information content (AvgIpc) is 2.66. The van der Waals surface area contributed by atoms with Crippen molar-refractivity contribution in [1.82, 2.24) is 5.32 Å². The Balaban J connectivity index is 1.86. The van der Waals surface area contributed by atoms with Gasteiger partial charge in [-0.3, -0.25) is 9.59 Å². The van der Waals surface area contributed by atoms with Gasteiger partial charge in [-0.15, -0.1) is 0 Å². The lowest BCUT2D eigenvalue weighted by Crippen LogP contribution is -2.37. The molecule has 166 valence electrons. The number of ether oxygens (including phenoxy) is 1. The van der Waals surface area contributed by atoms with Crippen LogP contribution in [0, 0.1) is 0 Å². The van der Waals surface area contributed by atoms with E-state index in [-0.39, 0.29) is 23.8 Å². The molecule has 0 atom stereocenters. The van der Waals surface area contributed by atoms with E-state index in [1.807, 2.05) is 24.3 Å². The standard InChI is InChI=1S/C24H31N3O4/c1-23(2,3)17-9-7-16(8-10-17)21(29)27-19-13-11-18(12-14-19)26-20(28)15-25-22(30)31-24(4,5)6/h7-14H,15H2,1-6H3,(H,25,30)(H,26,28)(H,27,29). The third-order valence-corrected chi connectivity index (χ3v) is 4.23. The van der Waals surface area contributed by atoms with Gasteiger partial charge in [0.15, 0.2) is 0 Å². The molecule has 2 aromatic rings. The van der Waals surface area contributed by atoms with Crippen LogP contribution in [0.3, 0.4) is 0 Å². The lowest BCUT2D eigenvalue weighted by molar-refractivity contribution is -0.115. The Bertz CT molecular complexity index is 921. The van der Waals surface area contributed by atoms with Crippen LogP contribution < -0.4 is 16.0 Å². The van der Waals surface area contributed by atoms with E-state index in [2.05, 4.69) is 36.7 Å². The molecule has 0 heterocycles. The van der Waals surface area contributed by atoms with E-state index in [0.717, 1.165) is 5.56 Å². The number of carbonyl (C=O) groups excluding carboxylic acids is 3. The van der Waals surface area contributed by atoms with Crippen molar-refractivity contribution in [3.05, 3.63) is 59.7 Å². The maximum atomic E-state index is 12.5. The minimum Gasteiger partial charge on any atom is -0.444 e. The molecule has 3 N–H and O–H groups in total. The lowest BCUT2D eigenvalue weighted by Gasteiger charge is -2.19. The smallest absolute Gasteiger partial charge is 0.408 e. The number of hydrogen-bond acceptors (Lipinski definition) is 4. The number of rotatable bonds is 5. The van der Waals surface area contributed by atoms with Crippen LogP contribution in [0.25, 0.3) is 0 Å². The van der Waals surface area contributed by atoms with Gasteiger partial charge in [-0.1, -0.05) is 32.9 Å². The predicted octanol–water partition coefficient (Wildman–Crippen LogP) is 4.70. The molecule has 7 nitrogen and oxygen atoms in total. The van der Waals surface area contributed by atoms with Gasteiger partial charge in [0.2, 0.25) is 5.91 Å². The molecule has 0 bridgehead atoms. The second kappa shape index (κ2) is 9.64. The molecule has 0 fully saturated rings. The van der Waals surface area contributed by atoms with E-state index in [1.165, 1.54) is 0 Å². The Labute approximate surface area is 183 Å². The Morgan fingerprint density at radius 1 is 0.774 bits per heavy atom. The molecular formula is C24H31N3O4. The molecule has 0 spiro atoms. The number of carbonyl (C=O) groups is 3. The molecular weight excluding hydrogens is 394 g/mol. The summed E-state index contributed by atoms with van der Waals surface area (Å²) < 4.78 is 5.08. The van der Waals surface area contributed by atoms with E-state index in [9.17, 15) is 14.4 Å². The fourth-order valence-corrected chi connectivity index (χ4v) is 2.63. The van der Waals surface area contributed by atoms with Crippen molar-refractivity contribution in [2.75, 3.05) is 17.2 Å². The van der Waals surface area contributed by atoms with Gasteiger partial charge < -0.3 is 20.7 Å². The zero-order valence-electron chi connectivity index (χ0n) is 19.0. The number of anilines is 2. The summed E-state index contributed by atoms with van der Waals surface area (Å²) >= 11 is 0. The molecule has 0 radical (unpaired) electrons. The summed E-state index contributed by atoms with van der Waals surface area (Å²) in [5.74, 6) is -0.597. The van der Waals surface area contributed by atoms with E-state index in [4.69, 9.17) is 4.74 Å². The first-order valence-electron chi connectivity index (χ1n) is 10.1. The van der Waals surface area contributed by atoms with Gasteiger partial charge in [0.1, 0.15) is 12.1 Å². The lowest BCUT2D eigenvalue weighted by atomic mass is 9.87. The summed E-state index contributed by atoms with van der Waals surface area (Å²) in [6.07, 6.45) is -0.656. The Kier molecular flexibility index (Phi) is 7.44. The fraction of sp³-hybridized carbons (Fsp3) is 0.375. The van der Waals surface area contributed by atoms with Crippen LogP contribution in [0.15, 0.2) is 48.5 Å². The van der Waals surface area contributed by atoms with Gasteiger partial charge in [-0.05, 0) is 68.1 Å². The summed E-state index contributed by atoms with van der Waals surface area (Å²) in [6.45, 7) is 11.4. The normalized spacial score (nSPS) is 11.4. The molecule has 0 aliphatic carbocycles. The highest BCUT2D eigenvalue weighted by atomic mass is 16.6. The van der Waals surface area contributed by atoms with Gasteiger partial charge in [0.25, 0.3) is 5.91 Å². The molecule has 0 aromatic heterocycles. The molecule has 2 rings (SSSR count). The summed E-state index contributed by atoms with van der Waals surface area (Å²) in [6, 6.07) is 14.3. The third-order valence-electron chi connectivity index (χ3n) is 4.23. The van der Waals surface area contributed by atoms with Crippen LogP contribution in [0.5, 0.6) is 0 Å². The van der Waals surface area contributed by atoms with Crippen molar-refractivity contribution in [3.63, 3.8) is 0 Å². The van der Waals surface area contributed by atoms with E-state index >= 15 is 0 Å². The molecule has 0 aliphatic rings. The topological polar surface area (TPSA) is 96.5 Å². The van der Waals surface area contributed by atoms with Gasteiger partial charge in [0, 0.05) is 16.9 Å². The van der Waals surface area contributed by atoms with Crippen LogP contribution in [0.2, 0.25) is 0 Å². The second-order valence-electron chi connectivity index (χ2n) is 9.26. The summed E-state index contributed by atoms with van der Waals surface area (Å²) in [4.78, 5) is 36.0. The highest BCUT2D eigenvalue weighted by molar-refractivity contribution is 6.04. The first-order chi connectivity index (χ1) is 14.3. The van der Waals surface area contributed by atoms with E-state index < -0.39 is 11.7 Å². The third kappa shape index (κ3) is 8.12. The SMILES string of the molecule is CC(C)(C)OC(=O)NCC(=O)Nc1ccc(NC(=O)c2ccc(C(C)(C)C)cc2)cc1. The molecule has 2 aromatic carbocycles.